The van der Waals surface area contributed by atoms with Crippen molar-refractivity contribution >= 4 is 11.8 Å². The smallest absolute Gasteiger partial charge is 0.174 e. The van der Waals surface area contributed by atoms with Crippen molar-refractivity contribution in [1.29, 1.82) is 0 Å². The number of thioether (sulfide) groups is 1. The van der Waals surface area contributed by atoms with E-state index in [4.69, 9.17) is 25.4 Å². The first kappa shape index (κ1) is 21.7. The van der Waals surface area contributed by atoms with E-state index in [1.165, 1.54) is 12.8 Å². The van der Waals surface area contributed by atoms with Gasteiger partial charge in [-0.25, -0.2) is 0 Å². The Morgan fingerprint density at radius 2 is 1.84 bits per heavy atom. The van der Waals surface area contributed by atoms with Gasteiger partial charge in [0.25, 0.3) is 0 Å². The van der Waals surface area contributed by atoms with E-state index < -0.39 is 0 Å². The predicted molar refractivity (Wildman–Crippen MR) is 126 cm³/mol. The molecular formula is C27H36O4S. The van der Waals surface area contributed by atoms with E-state index in [9.17, 15) is 0 Å². The quantitative estimate of drug-likeness (QED) is 0.335. The van der Waals surface area contributed by atoms with E-state index in [0.717, 1.165) is 76.5 Å². The lowest BCUT2D eigenvalue weighted by molar-refractivity contribution is -0.228. The molecule has 0 aromatic carbocycles. The van der Waals surface area contributed by atoms with Crippen LogP contribution in [0.15, 0.2) is 23.3 Å². The molecule has 4 aliphatic carbocycles. The van der Waals surface area contributed by atoms with Crippen LogP contribution in [0.1, 0.15) is 58.3 Å². The molecule has 0 aromatic rings. The van der Waals surface area contributed by atoms with E-state index in [1.54, 1.807) is 11.1 Å². The summed E-state index contributed by atoms with van der Waals surface area (Å²) in [6.45, 7) is 5.38. The van der Waals surface area contributed by atoms with Crippen LogP contribution in [0, 0.1) is 35.0 Å². The second-order valence-electron chi connectivity index (χ2n) is 10.8. The van der Waals surface area contributed by atoms with Crippen molar-refractivity contribution in [2.75, 3.05) is 37.9 Å². The number of ether oxygens (including phenoxy) is 4. The summed E-state index contributed by atoms with van der Waals surface area (Å²) in [7, 11) is 0. The number of allylic oxidation sites excluding steroid dienone is 3. The van der Waals surface area contributed by atoms with E-state index in [0.29, 0.717) is 11.8 Å². The Bertz CT molecular complexity index is 859. The van der Waals surface area contributed by atoms with Gasteiger partial charge < -0.3 is 18.9 Å². The van der Waals surface area contributed by atoms with Crippen LogP contribution in [-0.2, 0) is 18.9 Å². The highest BCUT2D eigenvalue weighted by molar-refractivity contribution is 7.99. The van der Waals surface area contributed by atoms with Crippen molar-refractivity contribution < 1.29 is 18.9 Å². The largest absolute Gasteiger partial charge is 0.347 e. The van der Waals surface area contributed by atoms with E-state index >= 15 is 0 Å². The van der Waals surface area contributed by atoms with Crippen molar-refractivity contribution in [3.8, 4) is 12.3 Å². The molecule has 0 amide bonds. The van der Waals surface area contributed by atoms with Crippen LogP contribution in [0.5, 0.6) is 0 Å². The first-order valence-corrected chi connectivity index (χ1v) is 13.7. The lowest BCUT2D eigenvalue weighted by Crippen LogP contribution is -2.52. The summed E-state index contributed by atoms with van der Waals surface area (Å²) in [5.41, 5.74) is 3.51. The predicted octanol–water partition coefficient (Wildman–Crippen LogP) is 5.09. The zero-order valence-corrected chi connectivity index (χ0v) is 20.1. The minimum Gasteiger partial charge on any atom is -0.347 e. The molecule has 2 spiro atoms. The summed E-state index contributed by atoms with van der Waals surface area (Å²) in [4.78, 5) is 0. The fourth-order valence-electron chi connectivity index (χ4n) is 8.17. The Kier molecular flexibility index (Phi) is 5.36. The molecule has 4 nitrogen and oxygen atoms in total. The fourth-order valence-corrected chi connectivity index (χ4v) is 8.93. The molecule has 5 heteroatoms. The third-order valence-corrected chi connectivity index (χ3v) is 10.6. The molecule has 174 valence electrons. The Morgan fingerprint density at radius 1 is 1.06 bits per heavy atom. The maximum atomic E-state index is 6.32. The van der Waals surface area contributed by atoms with Gasteiger partial charge >= 0.3 is 0 Å². The Morgan fingerprint density at radius 3 is 2.62 bits per heavy atom. The molecule has 0 N–H and O–H groups in total. The molecule has 6 rings (SSSR count). The molecule has 6 aliphatic rings. The van der Waals surface area contributed by atoms with E-state index in [-0.39, 0.29) is 22.4 Å². The molecular weight excluding hydrogens is 420 g/mol. The normalized spacial score (nSPS) is 41.0. The average molecular weight is 457 g/mol. The summed E-state index contributed by atoms with van der Waals surface area (Å²) in [5, 5.41) is 0. The van der Waals surface area contributed by atoms with Gasteiger partial charge in [0, 0.05) is 30.1 Å². The van der Waals surface area contributed by atoms with Crippen LogP contribution >= 0.6 is 11.8 Å². The Labute approximate surface area is 196 Å². The summed E-state index contributed by atoms with van der Waals surface area (Å²) in [6, 6.07) is 0. The maximum absolute atomic E-state index is 6.32. The monoisotopic (exact) mass is 456 g/mol. The van der Waals surface area contributed by atoms with Crippen LogP contribution in [0.2, 0.25) is 0 Å². The molecule has 2 aliphatic heterocycles. The highest BCUT2D eigenvalue weighted by Crippen LogP contribution is 2.68. The topological polar surface area (TPSA) is 36.9 Å². The number of hydrogen-bond donors (Lipinski definition) is 0. The van der Waals surface area contributed by atoms with E-state index in [2.05, 4.69) is 25.0 Å². The first-order valence-electron chi connectivity index (χ1n) is 12.5. The summed E-state index contributed by atoms with van der Waals surface area (Å²) in [6.07, 6.45) is 19.4. The lowest BCUT2D eigenvalue weighted by Gasteiger charge is -2.56. The summed E-state index contributed by atoms with van der Waals surface area (Å²) in [5.74, 6) is 5.20. The third-order valence-electron chi connectivity index (χ3n) is 9.71. The molecule has 2 saturated carbocycles. The highest BCUT2D eigenvalue weighted by Gasteiger charge is 2.65. The molecule has 0 unspecified atom stereocenters. The molecule has 0 aromatic heterocycles. The Hall–Kier alpha value is -0.770. The standard InChI is InChI=1S/C27H36O4S/c1-3-17-32-18-12-25-10-11-26(28-13-14-29-26)19-20(25)4-5-21-22-7-9-27(30-15-16-31-27)24(22,2)8-6-23(21)25/h1,4,6,21-22H,5,7-19H2,2H3/t21-,22-,24-,25+/m0/s1. The molecule has 2 saturated heterocycles. The van der Waals surface area contributed by atoms with Gasteiger partial charge in [-0.1, -0.05) is 36.1 Å². The zero-order chi connectivity index (χ0) is 21.9. The van der Waals surface area contributed by atoms with E-state index in [1.807, 2.05) is 11.8 Å². The molecule has 2 heterocycles. The minimum absolute atomic E-state index is 0.0793. The van der Waals surface area contributed by atoms with Crippen molar-refractivity contribution in [3.63, 3.8) is 0 Å². The third kappa shape index (κ3) is 2.99. The molecule has 4 fully saturated rings. The first-order chi connectivity index (χ1) is 15.6. The molecule has 0 radical (unpaired) electrons. The van der Waals surface area contributed by atoms with Crippen LogP contribution in [-0.4, -0.2) is 49.5 Å². The average Bonchev–Trinajstić information content (AvgIpc) is 3.53. The Balaban J connectivity index is 1.34. The lowest BCUT2D eigenvalue weighted by atomic mass is 9.50. The van der Waals surface area contributed by atoms with Gasteiger partial charge in [0.05, 0.1) is 32.2 Å². The number of hydrogen-bond acceptors (Lipinski definition) is 5. The number of terminal acetylenes is 1. The van der Waals surface area contributed by atoms with Gasteiger partial charge in [-0.15, -0.1) is 18.2 Å². The van der Waals surface area contributed by atoms with Crippen molar-refractivity contribution in [2.45, 2.75) is 69.9 Å². The van der Waals surface area contributed by atoms with Gasteiger partial charge in [-0.3, -0.25) is 0 Å². The van der Waals surface area contributed by atoms with Gasteiger partial charge in [0.2, 0.25) is 0 Å². The summed E-state index contributed by atoms with van der Waals surface area (Å²) < 4.78 is 24.9. The van der Waals surface area contributed by atoms with Crippen LogP contribution < -0.4 is 0 Å². The zero-order valence-electron chi connectivity index (χ0n) is 19.3. The second-order valence-corrected chi connectivity index (χ2v) is 11.9. The maximum Gasteiger partial charge on any atom is 0.174 e. The highest BCUT2D eigenvalue weighted by atomic mass is 32.2. The van der Waals surface area contributed by atoms with Crippen LogP contribution in [0.25, 0.3) is 0 Å². The van der Waals surface area contributed by atoms with Crippen molar-refractivity contribution in [2.24, 2.45) is 22.7 Å². The summed E-state index contributed by atoms with van der Waals surface area (Å²) >= 11 is 1.90. The molecule has 4 atom stereocenters. The van der Waals surface area contributed by atoms with Gasteiger partial charge in [0.15, 0.2) is 11.6 Å². The SMILES string of the molecule is C#CCSCC[C@]12CCC3(CC1=CC[C@@H]1C2=CC[C@@]2(C)[C@H]1CCC21OCCO1)OCCO3. The van der Waals surface area contributed by atoms with Crippen molar-refractivity contribution in [3.05, 3.63) is 23.3 Å². The minimum atomic E-state index is -0.374. The van der Waals surface area contributed by atoms with Gasteiger partial charge in [-0.05, 0) is 49.7 Å². The van der Waals surface area contributed by atoms with Gasteiger partial charge in [0.1, 0.15) is 0 Å². The number of rotatable bonds is 4. The number of fused-ring (bicyclic) bond motifs is 6. The van der Waals surface area contributed by atoms with Gasteiger partial charge in [-0.2, -0.15) is 0 Å². The molecule has 32 heavy (non-hydrogen) atoms. The van der Waals surface area contributed by atoms with Crippen molar-refractivity contribution in [1.82, 2.24) is 0 Å². The molecule has 0 bridgehead atoms. The fraction of sp³-hybridized carbons (Fsp3) is 0.778. The van der Waals surface area contributed by atoms with Crippen LogP contribution in [0.4, 0.5) is 0 Å². The second kappa shape index (κ2) is 7.89. The van der Waals surface area contributed by atoms with Crippen LogP contribution in [0.3, 0.4) is 0 Å².